The molecule has 2 aliphatic carbocycles. The van der Waals surface area contributed by atoms with E-state index in [-0.39, 0.29) is 11.6 Å². The van der Waals surface area contributed by atoms with Gasteiger partial charge in [-0.1, -0.05) is 12.1 Å². The van der Waals surface area contributed by atoms with Gasteiger partial charge < -0.3 is 18.6 Å². The quantitative estimate of drug-likeness (QED) is 0.243. The van der Waals surface area contributed by atoms with Crippen LogP contribution in [0.1, 0.15) is 64.5 Å². The van der Waals surface area contributed by atoms with Gasteiger partial charge in [-0.2, -0.15) is 0 Å². The Hall–Kier alpha value is -4.06. The highest BCUT2D eigenvalue weighted by atomic mass is 16.5. The van der Waals surface area contributed by atoms with E-state index >= 15 is 0 Å². The van der Waals surface area contributed by atoms with Crippen molar-refractivity contribution in [2.45, 2.75) is 64.2 Å². The molecule has 0 saturated heterocycles. The topological polar surface area (TPSA) is 62.5 Å². The fourth-order valence-electron chi connectivity index (χ4n) is 6.17. The van der Waals surface area contributed by atoms with Crippen LogP contribution in [0.2, 0.25) is 0 Å². The van der Waals surface area contributed by atoms with Crippen LogP contribution in [0, 0.1) is 0 Å². The second kappa shape index (κ2) is 11.7. The number of aryl methyl sites for hydroxylation is 2. The van der Waals surface area contributed by atoms with E-state index in [4.69, 9.17) is 9.47 Å². The average molecular weight is 567 g/mol. The van der Waals surface area contributed by atoms with Gasteiger partial charge in [0.15, 0.2) is 11.6 Å². The zero-order valence-corrected chi connectivity index (χ0v) is 25.7. The number of rotatable bonds is 6. The SMILES string of the molecule is CCOC1=CC(=O)[C@@](C)(c2ccc3c(ccn3C)c2)CC1.CCOC1=CC(=O)[C@](C)(c2ccc3c(ccn3C)c2)CC1. The number of hydrogen-bond donors (Lipinski definition) is 0. The molecule has 220 valence electrons. The lowest BCUT2D eigenvalue weighted by atomic mass is 9.72. The van der Waals surface area contributed by atoms with Gasteiger partial charge in [-0.3, -0.25) is 9.59 Å². The van der Waals surface area contributed by atoms with E-state index in [1.165, 1.54) is 21.8 Å². The fraction of sp³-hybridized carbons (Fsp3) is 0.389. The number of aromatic nitrogens is 2. The molecule has 0 radical (unpaired) electrons. The van der Waals surface area contributed by atoms with E-state index in [1.807, 2.05) is 54.2 Å². The van der Waals surface area contributed by atoms with Crippen LogP contribution in [0.25, 0.3) is 21.8 Å². The molecule has 0 fully saturated rings. The van der Waals surface area contributed by atoms with Gasteiger partial charge in [0, 0.05) is 62.5 Å². The van der Waals surface area contributed by atoms with Crippen molar-refractivity contribution in [3.63, 3.8) is 0 Å². The number of ether oxygens (including phenoxy) is 2. The Bertz CT molecular complexity index is 1580. The van der Waals surface area contributed by atoms with Crippen LogP contribution in [-0.2, 0) is 44.0 Å². The summed E-state index contributed by atoms with van der Waals surface area (Å²) in [6, 6.07) is 16.9. The summed E-state index contributed by atoms with van der Waals surface area (Å²) in [6.07, 6.45) is 10.7. The lowest BCUT2D eigenvalue weighted by Crippen LogP contribution is -2.34. The number of benzene rings is 2. The lowest BCUT2D eigenvalue weighted by Gasteiger charge is -2.31. The molecule has 0 bridgehead atoms. The summed E-state index contributed by atoms with van der Waals surface area (Å²) in [5.74, 6) is 1.93. The van der Waals surface area contributed by atoms with Crippen LogP contribution in [0.3, 0.4) is 0 Å². The summed E-state index contributed by atoms with van der Waals surface area (Å²) in [7, 11) is 4.07. The van der Waals surface area contributed by atoms with Gasteiger partial charge in [0.2, 0.25) is 0 Å². The number of fused-ring (bicyclic) bond motifs is 2. The molecule has 0 spiro atoms. The van der Waals surface area contributed by atoms with Crippen molar-refractivity contribution in [3.05, 3.63) is 95.7 Å². The second-order valence-corrected chi connectivity index (χ2v) is 11.9. The maximum Gasteiger partial charge on any atom is 0.169 e. The van der Waals surface area contributed by atoms with E-state index in [0.717, 1.165) is 48.3 Å². The highest BCUT2D eigenvalue weighted by Crippen LogP contribution is 2.38. The molecule has 2 aromatic heterocycles. The first-order valence-corrected chi connectivity index (χ1v) is 15.0. The minimum atomic E-state index is -0.440. The standard InChI is InChI=1S/2C18H21NO2/c2*1-4-21-15-7-9-18(2,17(20)12-15)14-5-6-16-13(11-14)8-10-19(16)3/h2*5-6,8,10-12H,4,7,9H2,1-3H3/t2*18-/m10/s1. The minimum absolute atomic E-state index is 0.146. The highest BCUT2D eigenvalue weighted by Gasteiger charge is 2.38. The zero-order valence-electron chi connectivity index (χ0n) is 25.7. The molecule has 0 saturated carbocycles. The van der Waals surface area contributed by atoms with Crippen LogP contribution in [0.5, 0.6) is 0 Å². The molecule has 6 rings (SSSR count). The van der Waals surface area contributed by atoms with Crippen molar-refractivity contribution in [1.29, 1.82) is 0 Å². The Morgan fingerprint density at radius 1 is 0.667 bits per heavy atom. The Morgan fingerprint density at radius 3 is 1.43 bits per heavy atom. The molecular formula is C36H42N2O4. The molecule has 2 aliphatic rings. The average Bonchev–Trinajstić information content (AvgIpc) is 3.55. The zero-order chi connectivity index (χ0) is 30.1. The number of ketones is 2. The number of allylic oxidation sites excluding steroid dienone is 4. The number of carbonyl (C=O) groups excluding carboxylic acids is 2. The minimum Gasteiger partial charge on any atom is -0.498 e. The van der Waals surface area contributed by atoms with Crippen molar-refractivity contribution in [2.75, 3.05) is 13.2 Å². The van der Waals surface area contributed by atoms with Crippen LogP contribution >= 0.6 is 0 Å². The lowest BCUT2D eigenvalue weighted by molar-refractivity contribution is -0.121. The third-order valence-corrected chi connectivity index (χ3v) is 9.12. The van der Waals surface area contributed by atoms with Crippen molar-refractivity contribution in [2.24, 2.45) is 14.1 Å². The molecule has 2 atom stereocenters. The van der Waals surface area contributed by atoms with E-state index in [1.54, 1.807) is 12.2 Å². The number of hydrogen-bond acceptors (Lipinski definition) is 4. The normalized spacial score (nSPS) is 22.4. The molecule has 0 amide bonds. The predicted octanol–water partition coefficient (Wildman–Crippen LogP) is 7.44. The van der Waals surface area contributed by atoms with Crippen molar-refractivity contribution >= 4 is 33.4 Å². The maximum absolute atomic E-state index is 12.6. The van der Waals surface area contributed by atoms with Crippen molar-refractivity contribution in [1.82, 2.24) is 9.13 Å². The molecule has 2 aromatic carbocycles. The molecular weight excluding hydrogens is 524 g/mol. The van der Waals surface area contributed by atoms with Crippen LogP contribution in [0.4, 0.5) is 0 Å². The van der Waals surface area contributed by atoms with Crippen LogP contribution < -0.4 is 0 Å². The number of carbonyl (C=O) groups is 2. The van der Waals surface area contributed by atoms with Crippen LogP contribution in [-0.4, -0.2) is 33.9 Å². The van der Waals surface area contributed by atoms with Gasteiger partial charge >= 0.3 is 0 Å². The Kier molecular flexibility index (Phi) is 8.18. The summed E-state index contributed by atoms with van der Waals surface area (Å²) in [5.41, 5.74) is 3.69. The maximum atomic E-state index is 12.6. The first-order valence-electron chi connectivity index (χ1n) is 15.0. The molecule has 4 aromatic rings. The van der Waals surface area contributed by atoms with Gasteiger partial charge in [-0.15, -0.1) is 0 Å². The summed E-state index contributed by atoms with van der Waals surface area (Å²) in [4.78, 5) is 25.2. The summed E-state index contributed by atoms with van der Waals surface area (Å²) in [6.45, 7) is 9.21. The first-order chi connectivity index (χ1) is 20.1. The Labute approximate surface area is 248 Å². The third-order valence-electron chi connectivity index (χ3n) is 9.12. The number of nitrogens with zero attached hydrogens (tertiary/aromatic N) is 2. The van der Waals surface area contributed by atoms with Gasteiger partial charge in [-0.25, -0.2) is 0 Å². The molecule has 6 nitrogen and oxygen atoms in total. The summed E-state index contributed by atoms with van der Waals surface area (Å²) in [5, 5.41) is 2.37. The monoisotopic (exact) mass is 566 g/mol. The molecule has 6 heteroatoms. The predicted molar refractivity (Wildman–Crippen MR) is 168 cm³/mol. The third kappa shape index (κ3) is 5.42. The smallest absolute Gasteiger partial charge is 0.169 e. The van der Waals surface area contributed by atoms with E-state index in [9.17, 15) is 9.59 Å². The molecule has 2 heterocycles. The fourth-order valence-corrected chi connectivity index (χ4v) is 6.17. The van der Waals surface area contributed by atoms with Gasteiger partial charge in [0.1, 0.15) is 0 Å². The second-order valence-electron chi connectivity index (χ2n) is 11.9. The van der Waals surface area contributed by atoms with Crippen LogP contribution in [0.15, 0.2) is 84.6 Å². The summed E-state index contributed by atoms with van der Waals surface area (Å²) < 4.78 is 15.2. The van der Waals surface area contributed by atoms with E-state index in [2.05, 4.69) is 57.7 Å². The van der Waals surface area contributed by atoms with Gasteiger partial charge in [-0.05, 0) is 98.8 Å². The Balaban J connectivity index is 0.000000168. The summed E-state index contributed by atoms with van der Waals surface area (Å²) >= 11 is 0. The molecule has 0 N–H and O–H groups in total. The van der Waals surface area contributed by atoms with Crippen molar-refractivity contribution < 1.29 is 19.1 Å². The first kappa shape index (κ1) is 29.4. The molecule has 42 heavy (non-hydrogen) atoms. The molecule has 0 unspecified atom stereocenters. The van der Waals surface area contributed by atoms with Gasteiger partial charge in [0.05, 0.1) is 35.6 Å². The molecule has 0 aliphatic heterocycles. The highest BCUT2D eigenvalue weighted by molar-refractivity contribution is 6.01. The Morgan fingerprint density at radius 2 is 1.07 bits per heavy atom. The van der Waals surface area contributed by atoms with E-state index in [0.29, 0.717) is 13.2 Å². The largest absolute Gasteiger partial charge is 0.498 e. The van der Waals surface area contributed by atoms with E-state index < -0.39 is 10.8 Å². The van der Waals surface area contributed by atoms with Crippen molar-refractivity contribution in [3.8, 4) is 0 Å². The van der Waals surface area contributed by atoms with Gasteiger partial charge in [0.25, 0.3) is 0 Å².